The van der Waals surface area contributed by atoms with E-state index in [2.05, 4.69) is 41.5 Å². The topological polar surface area (TPSA) is 28.4 Å². The van der Waals surface area contributed by atoms with Crippen molar-refractivity contribution in [3.05, 3.63) is 59.0 Å². The van der Waals surface area contributed by atoms with E-state index in [0.717, 1.165) is 38.4 Å². The smallest absolute Gasteiger partial charge is 0.193 e. The lowest BCUT2D eigenvalue weighted by Crippen LogP contribution is -2.23. The van der Waals surface area contributed by atoms with E-state index in [-0.39, 0.29) is 0 Å². The highest BCUT2D eigenvalue weighted by Crippen LogP contribution is 2.12. The summed E-state index contributed by atoms with van der Waals surface area (Å²) >= 11 is 5.72. The van der Waals surface area contributed by atoms with Gasteiger partial charge in [-0.05, 0) is 55.9 Å². The van der Waals surface area contributed by atoms with Gasteiger partial charge in [-0.15, -0.1) is 0 Å². The third-order valence-electron chi connectivity index (χ3n) is 3.12. The van der Waals surface area contributed by atoms with Crippen LogP contribution in [0, 0.1) is 0 Å². The molecule has 0 spiro atoms. The predicted octanol–water partition coefficient (Wildman–Crippen LogP) is 3.54. The zero-order chi connectivity index (χ0) is 14.2. The first-order valence-corrected chi connectivity index (χ1v) is 7.29. The Balaban J connectivity index is 1.56. The molecule has 3 nitrogen and oxygen atoms in total. The van der Waals surface area contributed by atoms with Crippen LogP contribution in [0.4, 0.5) is 0 Å². The summed E-state index contributed by atoms with van der Waals surface area (Å²) in [6.07, 6.45) is 1.11. The van der Waals surface area contributed by atoms with E-state index in [1.165, 1.54) is 5.56 Å². The number of benzene rings is 1. The predicted molar refractivity (Wildman–Crippen MR) is 82.8 cm³/mol. The highest BCUT2D eigenvalue weighted by atomic mass is 35.5. The van der Waals surface area contributed by atoms with Gasteiger partial charge in [-0.25, -0.2) is 0 Å². The molecule has 1 heterocycles. The van der Waals surface area contributed by atoms with Gasteiger partial charge in [0.25, 0.3) is 0 Å². The second kappa shape index (κ2) is 8.10. The monoisotopic (exact) mass is 292 g/mol. The van der Waals surface area contributed by atoms with Crippen molar-refractivity contribution in [2.24, 2.45) is 0 Å². The number of hydrogen-bond donors (Lipinski definition) is 1. The van der Waals surface area contributed by atoms with Crippen LogP contribution < -0.4 is 5.32 Å². The lowest BCUT2D eigenvalue weighted by atomic mass is 10.2. The Morgan fingerprint density at radius 3 is 2.65 bits per heavy atom. The fourth-order valence-electron chi connectivity index (χ4n) is 2.11. The Hall–Kier alpha value is -1.29. The zero-order valence-electron chi connectivity index (χ0n) is 11.8. The molecular formula is C16H21ClN2O. The van der Waals surface area contributed by atoms with Gasteiger partial charge in [-0.3, -0.25) is 0 Å². The van der Waals surface area contributed by atoms with Gasteiger partial charge >= 0.3 is 0 Å². The maximum absolute atomic E-state index is 5.72. The van der Waals surface area contributed by atoms with Crippen molar-refractivity contribution in [2.75, 3.05) is 20.1 Å². The van der Waals surface area contributed by atoms with Gasteiger partial charge in [-0.2, -0.15) is 0 Å². The first-order chi connectivity index (χ1) is 9.74. The largest absolute Gasteiger partial charge is 0.448 e. The van der Waals surface area contributed by atoms with Crippen LogP contribution in [0.1, 0.15) is 17.7 Å². The number of nitrogens with zero attached hydrogens (tertiary/aromatic N) is 1. The summed E-state index contributed by atoms with van der Waals surface area (Å²) in [6.45, 7) is 3.77. The van der Waals surface area contributed by atoms with Gasteiger partial charge in [0.15, 0.2) is 5.22 Å². The summed E-state index contributed by atoms with van der Waals surface area (Å²) in [7, 11) is 2.15. The first-order valence-electron chi connectivity index (χ1n) is 6.91. The number of halogens is 1. The van der Waals surface area contributed by atoms with Crippen LogP contribution in [-0.2, 0) is 13.1 Å². The van der Waals surface area contributed by atoms with Gasteiger partial charge in [-0.1, -0.05) is 30.3 Å². The summed E-state index contributed by atoms with van der Waals surface area (Å²) < 4.78 is 5.28. The van der Waals surface area contributed by atoms with Crippen molar-refractivity contribution in [1.82, 2.24) is 10.2 Å². The van der Waals surface area contributed by atoms with E-state index >= 15 is 0 Å². The highest BCUT2D eigenvalue weighted by molar-refractivity contribution is 6.28. The number of rotatable bonds is 8. The molecule has 0 radical (unpaired) electrons. The fraction of sp³-hybridized carbons (Fsp3) is 0.375. The third kappa shape index (κ3) is 5.37. The molecule has 108 valence electrons. The Morgan fingerprint density at radius 1 is 1.15 bits per heavy atom. The third-order valence-corrected chi connectivity index (χ3v) is 3.32. The summed E-state index contributed by atoms with van der Waals surface area (Å²) in [5, 5.41) is 3.80. The molecule has 0 unspecified atom stereocenters. The van der Waals surface area contributed by atoms with Crippen LogP contribution in [0.15, 0.2) is 46.9 Å². The molecule has 1 aromatic carbocycles. The first kappa shape index (κ1) is 15.1. The summed E-state index contributed by atoms with van der Waals surface area (Å²) in [6, 6.07) is 14.2. The molecule has 2 aromatic rings. The van der Waals surface area contributed by atoms with Crippen LogP contribution in [0.25, 0.3) is 0 Å². The molecule has 0 saturated carbocycles. The maximum Gasteiger partial charge on any atom is 0.193 e. The lowest BCUT2D eigenvalue weighted by Gasteiger charge is -2.16. The minimum atomic E-state index is 0.449. The van der Waals surface area contributed by atoms with Crippen LogP contribution in [-0.4, -0.2) is 25.0 Å². The molecule has 0 amide bonds. The van der Waals surface area contributed by atoms with Crippen molar-refractivity contribution in [3.8, 4) is 0 Å². The second-order valence-electron chi connectivity index (χ2n) is 4.96. The molecular weight excluding hydrogens is 272 g/mol. The summed E-state index contributed by atoms with van der Waals surface area (Å²) in [5.74, 6) is 0.882. The molecule has 4 heteroatoms. The Kier molecular flexibility index (Phi) is 6.12. The van der Waals surface area contributed by atoms with Gasteiger partial charge < -0.3 is 14.6 Å². The van der Waals surface area contributed by atoms with E-state index in [1.54, 1.807) is 6.07 Å². The van der Waals surface area contributed by atoms with Crippen LogP contribution in [0.3, 0.4) is 0 Å². The molecule has 0 atom stereocenters. The molecule has 20 heavy (non-hydrogen) atoms. The van der Waals surface area contributed by atoms with Crippen LogP contribution in [0.2, 0.25) is 5.22 Å². The van der Waals surface area contributed by atoms with Crippen molar-refractivity contribution < 1.29 is 4.42 Å². The average Bonchev–Trinajstić information content (AvgIpc) is 2.85. The maximum atomic E-state index is 5.72. The van der Waals surface area contributed by atoms with E-state index in [1.807, 2.05) is 12.1 Å². The normalized spacial score (nSPS) is 11.2. The van der Waals surface area contributed by atoms with Gasteiger partial charge in [0.2, 0.25) is 0 Å². The molecule has 0 aliphatic rings. The molecule has 0 aliphatic carbocycles. The van der Waals surface area contributed by atoms with Gasteiger partial charge in [0.1, 0.15) is 5.76 Å². The highest BCUT2D eigenvalue weighted by Gasteiger charge is 2.01. The molecule has 1 N–H and O–H groups in total. The number of nitrogens with one attached hydrogen (secondary N) is 1. The van der Waals surface area contributed by atoms with Crippen molar-refractivity contribution in [2.45, 2.75) is 19.5 Å². The van der Waals surface area contributed by atoms with E-state index in [4.69, 9.17) is 16.0 Å². The Morgan fingerprint density at radius 2 is 1.95 bits per heavy atom. The lowest BCUT2D eigenvalue weighted by molar-refractivity contribution is 0.318. The average molecular weight is 293 g/mol. The van der Waals surface area contributed by atoms with E-state index < -0.39 is 0 Å². The van der Waals surface area contributed by atoms with Crippen LogP contribution in [0.5, 0.6) is 0 Å². The van der Waals surface area contributed by atoms with Gasteiger partial charge in [0.05, 0.1) is 6.54 Å². The van der Waals surface area contributed by atoms with E-state index in [0.29, 0.717) is 5.22 Å². The minimum absolute atomic E-state index is 0.449. The molecule has 2 rings (SSSR count). The van der Waals surface area contributed by atoms with Crippen LogP contribution >= 0.6 is 11.6 Å². The summed E-state index contributed by atoms with van der Waals surface area (Å²) in [4.78, 5) is 2.33. The second-order valence-corrected chi connectivity index (χ2v) is 5.33. The Labute approximate surface area is 125 Å². The van der Waals surface area contributed by atoms with Gasteiger partial charge in [0, 0.05) is 6.54 Å². The fourth-order valence-corrected chi connectivity index (χ4v) is 2.27. The molecule has 0 bridgehead atoms. The number of furan rings is 1. The Bertz CT molecular complexity index is 498. The van der Waals surface area contributed by atoms with E-state index in [9.17, 15) is 0 Å². The quantitative estimate of drug-likeness (QED) is 0.754. The molecule has 0 saturated heterocycles. The van der Waals surface area contributed by atoms with Crippen molar-refractivity contribution in [1.29, 1.82) is 0 Å². The zero-order valence-corrected chi connectivity index (χ0v) is 12.6. The van der Waals surface area contributed by atoms with Crippen molar-refractivity contribution in [3.63, 3.8) is 0 Å². The number of hydrogen-bond acceptors (Lipinski definition) is 3. The SMILES string of the molecule is CN(CCCNCc1ccc(Cl)o1)Cc1ccccc1. The minimum Gasteiger partial charge on any atom is -0.448 e. The van der Waals surface area contributed by atoms with Crippen molar-refractivity contribution >= 4 is 11.6 Å². The summed E-state index contributed by atoms with van der Waals surface area (Å²) in [5.41, 5.74) is 1.35. The standard InChI is InChI=1S/C16H21ClN2O/c1-19(13-14-6-3-2-4-7-14)11-5-10-18-12-15-8-9-16(17)20-15/h2-4,6-9,18H,5,10-13H2,1H3. The molecule has 1 aromatic heterocycles. The molecule has 0 fully saturated rings. The molecule has 0 aliphatic heterocycles.